The molecule has 1 aromatic carbocycles. The summed E-state index contributed by atoms with van der Waals surface area (Å²) in [5, 5.41) is 3.66. The third kappa shape index (κ3) is 3.58. The molecule has 0 spiro atoms. The minimum Gasteiger partial charge on any atom is -0.397 e. The normalized spacial score (nSPS) is 12.4. The van der Waals surface area contributed by atoms with Crippen LogP contribution < -0.4 is 11.1 Å². The van der Waals surface area contributed by atoms with Gasteiger partial charge in [0.2, 0.25) is 0 Å². The van der Waals surface area contributed by atoms with Crippen molar-refractivity contribution in [3.8, 4) is 0 Å². The monoisotopic (exact) mass is 305 g/mol. The molecule has 4 nitrogen and oxygen atoms in total. The van der Waals surface area contributed by atoms with Gasteiger partial charge in [-0.25, -0.2) is 0 Å². The van der Waals surface area contributed by atoms with Crippen LogP contribution in [0, 0.1) is 0 Å². The first-order valence-corrected chi connectivity index (χ1v) is 7.30. The number of rotatable bonds is 4. The molecular formula is C16H20ClN3O. The van der Waals surface area contributed by atoms with Gasteiger partial charge in [0.1, 0.15) is 5.69 Å². The van der Waals surface area contributed by atoms with E-state index in [1.54, 1.807) is 12.3 Å². The van der Waals surface area contributed by atoms with Crippen molar-refractivity contribution in [1.29, 1.82) is 0 Å². The Hall–Kier alpha value is -1.94. The summed E-state index contributed by atoms with van der Waals surface area (Å²) in [6.45, 7) is 5.96. The molecule has 0 saturated carbocycles. The maximum Gasteiger partial charge on any atom is 0.268 e. The molecule has 1 heterocycles. The highest BCUT2D eigenvalue weighted by Crippen LogP contribution is 2.19. The van der Waals surface area contributed by atoms with Crippen molar-refractivity contribution in [2.75, 3.05) is 5.73 Å². The molecule has 0 saturated heterocycles. The van der Waals surface area contributed by atoms with E-state index in [4.69, 9.17) is 17.3 Å². The van der Waals surface area contributed by atoms with Crippen molar-refractivity contribution in [3.63, 3.8) is 0 Å². The second-order valence-corrected chi connectivity index (χ2v) is 5.84. The Morgan fingerprint density at radius 2 is 1.86 bits per heavy atom. The number of benzene rings is 1. The second kappa shape index (κ2) is 6.22. The third-order valence-corrected chi connectivity index (χ3v) is 3.63. The Balaban J connectivity index is 2.16. The first-order chi connectivity index (χ1) is 9.88. The Morgan fingerprint density at radius 3 is 2.43 bits per heavy atom. The number of aromatic nitrogens is 1. The number of hydrogen-bond donors (Lipinski definition) is 2. The van der Waals surface area contributed by atoms with E-state index in [2.05, 4.69) is 5.32 Å². The molecule has 1 aromatic heterocycles. The van der Waals surface area contributed by atoms with E-state index < -0.39 is 0 Å². The first kappa shape index (κ1) is 15.4. The van der Waals surface area contributed by atoms with Gasteiger partial charge < -0.3 is 15.6 Å². The first-order valence-electron chi connectivity index (χ1n) is 6.92. The summed E-state index contributed by atoms with van der Waals surface area (Å²) in [5.74, 6) is -0.136. The maximum absolute atomic E-state index is 12.4. The molecule has 3 N–H and O–H groups in total. The number of halogens is 1. The minimum absolute atomic E-state index is 0.105. The maximum atomic E-state index is 12.4. The summed E-state index contributed by atoms with van der Waals surface area (Å²) in [4.78, 5) is 12.4. The van der Waals surface area contributed by atoms with Crippen LogP contribution in [0.5, 0.6) is 0 Å². The van der Waals surface area contributed by atoms with E-state index in [-0.39, 0.29) is 18.0 Å². The zero-order valence-electron chi connectivity index (χ0n) is 12.4. The lowest BCUT2D eigenvalue weighted by Gasteiger charge is -2.17. The lowest BCUT2D eigenvalue weighted by atomic mass is 10.1. The van der Waals surface area contributed by atoms with Crippen LogP contribution in [0.1, 0.15) is 48.9 Å². The van der Waals surface area contributed by atoms with Crippen molar-refractivity contribution in [2.45, 2.75) is 32.9 Å². The number of nitrogens with zero attached hydrogens (tertiary/aromatic N) is 1. The Kier molecular flexibility index (Phi) is 4.58. The highest BCUT2D eigenvalue weighted by Gasteiger charge is 2.17. The summed E-state index contributed by atoms with van der Waals surface area (Å²) < 4.78 is 1.87. The van der Waals surface area contributed by atoms with Crippen LogP contribution in [-0.4, -0.2) is 10.5 Å². The van der Waals surface area contributed by atoms with E-state index in [0.717, 1.165) is 5.56 Å². The van der Waals surface area contributed by atoms with E-state index in [1.165, 1.54) is 0 Å². The number of carbonyl (C=O) groups is 1. The van der Waals surface area contributed by atoms with Crippen molar-refractivity contribution < 1.29 is 4.79 Å². The van der Waals surface area contributed by atoms with E-state index in [9.17, 15) is 4.79 Å². The zero-order valence-corrected chi connectivity index (χ0v) is 13.2. The highest BCUT2D eigenvalue weighted by atomic mass is 35.5. The Morgan fingerprint density at radius 1 is 1.24 bits per heavy atom. The van der Waals surface area contributed by atoms with Gasteiger partial charge in [0.25, 0.3) is 5.91 Å². The highest BCUT2D eigenvalue weighted by molar-refractivity contribution is 6.30. The third-order valence-electron chi connectivity index (χ3n) is 3.38. The second-order valence-electron chi connectivity index (χ2n) is 5.41. The van der Waals surface area contributed by atoms with Crippen molar-refractivity contribution in [1.82, 2.24) is 9.88 Å². The molecule has 0 radical (unpaired) electrons. The molecule has 0 aliphatic carbocycles. The average Bonchev–Trinajstić information content (AvgIpc) is 2.82. The number of carbonyl (C=O) groups excluding carboxylic acids is 1. The van der Waals surface area contributed by atoms with Gasteiger partial charge >= 0.3 is 0 Å². The Bertz CT molecular complexity index is 631. The molecule has 1 atom stereocenters. The molecule has 1 amide bonds. The van der Waals surface area contributed by atoms with Gasteiger partial charge in [-0.1, -0.05) is 23.7 Å². The topological polar surface area (TPSA) is 60.1 Å². The largest absolute Gasteiger partial charge is 0.397 e. The van der Waals surface area contributed by atoms with Crippen LogP contribution in [0.25, 0.3) is 0 Å². The van der Waals surface area contributed by atoms with Crippen molar-refractivity contribution >= 4 is 23.2 Å². The van der Waals surface area contributed by atoms with Crippen LogP contribution in [0.2, 0.25) is 5.02 Å². The summed E-state index contributed by atoms with van der Waals surface area (Å²) in [6, 6.07) is 9.21. The van der Waals surface area contributed by atoms with Gasteiger partial charge in [0.05, 0.1) is 11.7 Å². The molecule has 112 valence electrons. The minimum atomic E-state index is -0.136. The zero-order chi connectivity index (χ0) is 15.6. The van der Waals surface area contributed by atoms with Crippen LogP contribution in [-0.2, 0) is 0 Å². The fourth-order valence-electron chi connectivity index (χ4n) is 2.22. The van der Waals surface area contributed by atoms with E-state index >= 15 is 0 Å². The fraction of sp³-hybridized carbons (Fsp3) is 0.312. The van der Waals surface area contributed by atoms with E-state index in [1.807, 2.05) is 49.6 Å². The predicted octanol–water partition coefficient (Wildman–Crippen LogP) is 3.80. The molecule has 2 aromatic rings. The summed E-state index contributed by atoms with van der Waals surface area (Å²) >= 11 is 5.87. The van der Waals surface area contributed by atoms with Crippen LogP contribution >= 0.6 is 11.6 Å². The number of amides is 1. The van der Waals surface area contributed by atoms with Crippen molar-refractivity contribution in [2.24, 2.45) is 0 Å². The van der Waals surface area contributed by atoms with Gasteiger partial charge in [-0.2, -0.15) is 0 Å². The molecule has 5 heteroatoms. The summed E-state index contributed by atoms with van der Waals surface area (Å²) in [5.41, 5.74) is 7.96. The molecule has 0 bridgehead atoms. The number of hydrogen-bond acceptors (Lipinski definition) is 2. The smallest absolute Gasteiger partial charge is 0.268 e. The number of nitrogen functional groups attached to an aromatic ring is 1. The molecule has 0 fully saturated rings. The Labute approximate surface area is 129 Å². The number of nitrogens with two attached hydrogens (primary N) is 1. The number of nitrogens with one attached hydrogen (secondary N) is 1. The molecule has 1 unspecified atom stereocenters. The van der Waals surface area contributed by atoms with Gasteiger partial charge in [-0.15, -0.1) is 0 Å². The molecule has 2 rings (SSSR count). The van der Waals surface area contributed by atoms with Crippen molar-refractivity contribution in [3.05, 3.63) is 52.8 Å². The molecule has 0 aliphatic rings. The van der Waals surface area contributed by atoms with Crippen LogP contribution in [0.3, 0.4) is 0 Å². The average molecular weight is 306 g/mol. The van der Waals surface area contributed by atoms with Gasteiger partial charge in [-0.05, 0) is 44.5 Å². The van der Waals surface area contributed by atoms with Crippen LogP contribution in [0.4, 0.5) is 5.69 Å². The molecular weight excluding hydrogens is 286 g/mol. The number of anilines is 1. The van der Waals surface area contributed by atoms with Gasteiger partial charge in [0, 0.05) is 17.3 Å². The lowest BCUT2D eigenvalue weighted by Crippen LogP contribution is -2.28. The quantitative estimate of drug-likeness (QED) is 0.902. The van der Waals surface area contributed by atoms with Gasteiger partial charge in [-0.3, -0.25) is 4.79 Å². The molecule has 0 aliphatic heterocycles. The standard InChI is InChI=1S/C16H20ClN3O/c1-10(2)20-9-14(18)8-15(20)16(21)19-11(3)12-4-6-13(17)7-5-12/h4-11H,18H2,1-3H3,(H,19,21). The lowest BCUT2D eigenvalue weighted by molar-refractivity contribution is 0.0929. The van der Waals surface area contributed by atoms with Gasteiger partial charge in [0.15, 0.2) is 0 Å². The fourth-order valence-corrected chi connectivity index (χ4v) is 2.34. The van der Waals surface area contributed by atoms with Crippen LogP contribution in [0.15, 0.2) is 36.5 Å². The molecule has 21 heavy (non-hydrogen) atoms. The SMILES string of the molecule is CC(NC(=O)c1cc(N)cn1C(C)C)c1ccc(Cl)cc1. The predicted molar refractivity (Wildman–Crippen MR) is 86.6 cm³/mol. The van der Waals surface area contributed by atoms with E-state index in [0.29, 0.717) is 16.4 Å². The summed E-state index contributed by atoms with van der Waals surface area (Å²) in [6.07, 6.45) is 1.78. The summed E-state index contributed by atoms with van der Waals surface area (Å²) in [7, 11) is 0.